The molecule has 1 aromatic heterocycles. The first-order valence-electron chi connectivity index (χ1n) is 8.65. The predicted octanol–water partition coefficient (Wildman–Crippen LogP) is 6.18. The van der Waals surface area contributed by atoms with E-state index in [4.69, 9.17) is 17.0 Å². The van der Waals surface area contributed by atoms with Crippen molar-refractivity contribution >= 4 is 44.5 Å². The summed E-state index contributed by atoms with van der Waals surface area (Å²) in [7, 11) is 3.27. The van der Waals surface area contributed by atoms with Crippen LogP contribution in [-0.2, 0) is 10.3 Å². The zero-order valence-corrected chi connectivity index (χ0v) is 17.8. The quantitative estimate of drug-likeness (QED) is 0.379. The van der Waals surface area contributed by atoms with Gasteiger partial charge in [-0.05, 0) is 44.5 Å². The Kier molecular flexibility index (Phi) is 4.66. The summed E-state index contributed by atoms with van der Waals surface area (Å²) in [5.41, 5.74) is 3.68. The van der Waals surface area contributed by atoms with Gasteiger partial charge in [0.05, 0.1) is 16.1 Å². The van der Waals surface area contributed by atoms with E-state index < -0.39 is 5.54 Å². The van der Waals surface area contributed by atoms with Crippen molar-refractivity contribution in [2.24, 2.45) is 0 Å². The SMILES string of the molecule is Cc1ccc2c(c1)N(C(=O)COc1ccccc1)C(C)(C)c1ssc(=S)c1-2. The molecular formula is C21H19NO2S3. The summed E-state index contributed by atoms with van der Waals surface area (Å²) in [5.74, 6) is 0.627. The molecule has 0 saturated carbocycles. The summed E-state index contributed by atoms with van der Waals surface area (Å²) < 4.78 is 6.64. The zero-order valence-electron chi connectivity index (χ0n) is 15.3. The molecule has 0 bridgehead atoms. The number of benzene rings is 2. The van der Waals surface area contributed by atoms with Gasteiger partial charge in [-0.1, -0.05) is 63.2 Å². The number of ether oxygens (including phenoxy) is 1. The fraction of sp³-hybridized carbons (Fsp3) is 0.238. The summed E-state index contributed by atoms with van der Waals surface area (Å²) in [6, 6.07) is 15.6. The number of amides is 1. The van der Waals surface area contributed by atoms with E-state index in [1.807, 2.05) is 42.2 Å². The topological polar surface area (TPSA) is 29.5 Å². The first kappa shape index (κ1) is 18.3. The van der Waals surface area contributed by atoms with Gasteiger partial charge in [-0.2, -0.15) is 0 Å². The smallest absolute Gasteiger partial charge is 0.265 e. The lowest BCUT2D eigenvalue weighted by Gasteiger charge is -2.43. The average Bonchev–Trinajstić information content (AvgIpc) is 3.03. The van der Waals surface area contributed by atoms with Crippen molar-refractivity contribution in [2.45, 2.75) is 26.3 Å². The lowest BCUT2D eigenvalue weighted by atomic mass is 9.87. The van der Waals surface area contributed by atoms with Crippen LogP contribution in [-0.4, -0.2) is 12.5 Å². The van der Waals surface area contributed by atoms with Crippen LogP contribution in [0.25, 0.3) is 11.1 Å². The van der Waals surface area contributed by atoms with Gasteiger partial charge in [0.2, 0.25) is 0 Å². The normalized spacial score (nSPS) is 14.4. The number of carbonyl (C=O) groups excluding carboxylic acids is 1. The van der Waals surface area contributed by atoms with Crippen LogP contribution in [0.5, 0.6) is 5.75 Å². The van der Waals surface area contributed by atoms with Gasteiger partial charge in [-0.3, -0.25) is 9.69 Å². The van der Waals surface area contributed by atoms with E-state index in [-0.39, 0.29) is 12.5 Å². The van der Waals surface area contributed by atoms with Gasteiger partial charge in [0.1, 0.15) is 9.57 Å². The highest BCUT2D eigenvalue weighted by molar-refractivity contribution is 7.80. The number of aryl methyl sites for hydroxylation is 1. The maximum Gasteiger partial charge on any atom is 0.265 e. The molecule has 0 atom stereocenters. The van der Waals surface area contributed by atoms with Crippen LogP contribution in [0.15, 0.2) is 48.5 Å². The van der Waals surface area contributed by atoms with Crippen molar-refractivity contribution in [1.29, 1.82) is 0 Å². The van der Waals surface area contributed by atoms with Crippen LogP contribution in [0.2, 0.25) is 0 Å². The third kappa shape index (κ3) is 3.12. The number of hydrogen-bond donors (Lipinski definition) is 0. The van der Waals surface area contributed by atoms with Gasteiger partial charge < -0.3 is 4.74 Å². The molecule has 0 radical (unpaired) electrons. The maximum atomic E-state index is 13.3. The highest BCUT2D eigenvalue weighted by Crippen LogP contribution is 2.52. The van der Waals surface area contributed by atoms with Crippen molar-refractivity contribution in [3.05, 3.63) is 62.8 Å². The lowest BCUT2D eigenvalue weighted by molar-refractivity contribution is -0.121. The highest BCUT2D eigenvalue weighted by Gasteiger charge is 2.43. The van der Waals surface area contributed by atoms with Crippen molar-refractivity contribution in [3.8, 4) is 16.9 Å². The van der Waals surface area contributed by atoms with E-state index in [1.54, 1.807) is 20.7 Å². The van der Waals surface area contributed by atoms with E-state index in [9.17, 15) is 4.79 Å². The van der Waals surface area contributed by atoms with Crippen LogP contribution in [0, 0.1) is 10.7 Å². The monoisotopic (exact) mass is 413 g/mol. The Morgan fingerprint density at radius 1 is 1.15 bits per heavy atom. The highest BCUT2D eigenvalue weighted by atomic mass is 32.9. The van der Waals surface area contributed by atoms with E-state index in [1.165, 1.54) is 0 Å². The second-order valence-corrected chi connectivity index (χ2v) is 9.89. The minimum Gasteiger partial charge on any atom is -0.484 e. The van der Waals surface area contributed by atoms with E-state index >= 15 is 0 Å². The second-order valence-electron chi connectivity index (χ2n) is 7.07. The molecule has 0 fully saturated rings. The average molecular weight is 414 g/mol. The molecule has 1 aliphatic rings. The number of hydrogen-bond acceptors (Lipinski definition) is 5. The Balaban J connectivity index is 1.77. The number of rotatable bonds is 3. The molecule has 0 aliphatic carbocycles. The minimum absolute atomic E-state index is 0.00824. The molecule has 6 heteroatoms. The van der Waals surface area contributed by atoms with Crippen molar-refractivity contribution in [2.75, 3.05) is 11.5 Å². The van der Waals surface area contributed by atoms with Gasteiger partial charge in [-0.15, -0.1) is 0 Å². The van der Waals surface area contributed by atoms with Crippen LogP contribution in [0.1, 0.15) is 24.3 Å². The molecule has 0 N–H and O–H groups in total. The molecule has 0 unspecified atom stereocenters. The molecule has 4 rings (SSSR count). The molecule has 138 valence electrons. The second kappa shape index (κ2) is 6.86. The van der Waals surface area contributed by atoms with Gasteiger partial charge in [0.15, 0.2) is 6.61 Å². The first-order chi connectivity index (χ1) is 12.9. The fourth-order valence-corrected chi connectivity index (χ4v) is 6.79. The van der Waals surface area contributed by atoms with Crippen LogP contribution >= 0.6 is 32.9 Å². The first-order valence-corrected chi connectivity index (χ1v) is 11.2. The number of anilines is 1. The summed E-state index contributed by atoms with van der Waals surface area (Å²) in [6.45, 7) is 6.19. The maximum absolute atomic E-state index is 13.3. The minimum atomic E-state index is -0.481. The third-order valence-corrected chi connectivity index (χ3v) is 8.09. The van der Waals surface area contributed by atoms with Crippen molar-refractivity contribution < 1.29 is 9.53 Å². The predicted molar refractivity (Wildman–Crippen MR) is 116 cm³/mol. The summed E-state index contributed by atoms with van der Waals surface area (Å²) >= 11 is 5.60. The van der Waals surface area contributed by atoms with Gasteiger partial charge in [0, 0.05) is 11.1 Å². The van der Waals surface area contributed by atoms with Crippen LogP contribution in [0.3, 0.4) is 0 Å². The Bertz CT molecular complexity index is 1070. The van der Waals surface area contributed by atoms with Gasteiger partial charge in [-0.25, -0.2) is 0 Å². The number of carbonyl (C=O) groups is 1. The van der Waals surface area contributed by atoms with Crippen LogP contribution in [0.4, 0.5) is 5.69 Å². The molecule has 27 heavy (non-hydrogen) atoms. The molecule has 0 spiro atoms. The Hall–Kier alpha value is -2.02. The number of nitrogens with zero attached hydrogens (tertiary/aromatic N) is 1. The van der Waals surface area contributed by atoms with E-state index in [2.05, 4.69) is 32.0 Å². The largest absolute Gasteiger partial charge is 0.484 e. The standard InChI is InChI=1S/C21H19NO2S3/c1-13-9-10-15-16(11-13)22(17(23)12-24-14-7-5-4-6-8-14)21(2,3)19-18(15)20(25)27-26-19/h4-11H,12H2,1-3H3. The Morgan fingerprint density at radius 3 is 2.63 bits per heavy atom. The zero-order chi connectivity index (χ0) is 19.2. The van der Waals surface area contributed by atoms with Crippen LogP contribution < -0.4 is 9.64 Å². The molecule has 2 heterocycles. The molecule has 1 aliphatic heterocycles. The molecule has 0 saturated heterocycles. The van der Waals surface area contributed by atoms with E-state index in [0.717, 1.165) is 31.1 Å². The Labute approximate surface area is 171 Å². The summed E-state index contributed by atoms with van der Waals surface area (Å²) in [5, 5.41) is 0. The molecule has 3 aromatic rings. The summed E-state index contributed by atoms with van der Waals surface area (Å²) in [4.78, 5) is 16.3. The number of fused-ring (bicyclic) bond motifs is 3. The van der Waals surface area contributed by atoms with Crippen molar-refractivity contribution in [3.63, 3.8) is 0 Å². The van der Waals surface area contributed by atoms with Crippen molar-refractivity contribution in [1.82, 2.24) is 0 Å². The molecule has 2 aromatic carbocycles. The lowest BCUT2D eigenvalue weighted by Crippen LogP contribution is -2.49. The Morgan fingerprint density at radius 2 is 1.89 bits per heavy atom. The molecular weight excluding hydrogens is 394 g/mol. The summed E-state index contributed by atoms with van der Waals surface area (Å²) in [6.07, 6.45) is 0. The number of para-hydroxylation sites is 1. The van der Waals surface area contributed by atoms with Gasteiger partial charge in [0.25, 0.3) is 5.91 Å². The van der Waals surface area contributed by atoms with Gasteiger partial charge >= 0.3 is 0 Å². The molecule has 3 nitrogen and oxygen atoms in total. The fourth-order valence-electron chi connectivity index (χ4n) is 3.51. The molecule has 1 amide bonds. The third-order valence-electron chi connectivity index (χ3n) is 4.76. The van der Waals surface area contributed by atoms with E-state index in [0.29, 0.717) is 5.75 Å².